The van der Waals surface area contributed by atoms with E-state index in [1.807, 2.05) is 0 Å². The Balaban J connectivity index is 2.46. The number of hydrogen-bond acceptors (Lipinski definition) is 1. The maximum atomic E-state index is 4.67. The molecule has 0 aromatic carbocycles. The van der Waals surface area contributed by atoms with Gasteiger partial charge in [-0.2, -0.15) is 12.6 Å². The smallest absolute Gasteiger partial charge is 0.0104 e. The lowest BCUT2D eigenvalue weighted by Crippen LogP contribution is -2.28. The van der Waals surface area contributed by atoms with Crippen molar-refractivity contribution in [2.45, 2.75) is 51.2 Å². The van der Waals surface area contributed by atoms with E-state index in [-0.39, 0.29) is 0 Å². The fourth-order valence-electron chi connectivity index (χ4n) is 2.08. The van der Waals surface area contributed by atoms with E-state index in [1.54, 1.807) is 0 Å². The minimum Gasteiger partial charge on any atom is -0.173 e. The summed E-state index contributed by atoms with van der Waals surface area (Å²) in [4.78, 5) is 0. The van der Waals surface area contributed by atoms with Crippen molar-refractivity contribution in [3.8, 4) is 0 Å². The zero-order chi connectivity index (χ0) is 8.48. The number of hydrogen-bond donors (Lipinski definition) is 1. The van der Waals surface area contributed by atoms with Crippen molar-refractivity contribution in [2.75, 3.05) is 0 Å². The molecule has 0 N–H and O–H groups in total. The number of rotatable bonds is 1. The minimum atomic E-state index is 0.327. The van der Waals surface area contributed by atoms with Crippen molar-refractivity contribution in [3.63, 3.8) is 0 Å². The molecule has 0 spiro atoms. The van der Waals surface area contributed by atoms with E-state index in [1.165, 1.54) is 25.7 Å². The van der Waals surface area contributed by atoms with Crippen molar-refractivity contribution < 1.29 is 0 Å². The highest BCUT2D eigenvalue weighted by molar-refractivity contribution is 7.81. The topological polar surface area (TPSA) is 0 Å². The molecule has 0 aromatic rings. The van der Waals surface area contributed by atoms with Crippen molar-refractivity contribution in [1.29, 1.82) is 0 Å². The summed E-state index contributed by atoms with van der Waals surface area (Å²) in [6.45, 7) is 6.95. The molecular weight excluding hydrogens is 152 g/mol. The lowest BCUT2D eigenvalue weighted by atomic mass is 9.76. The molecular formula is C10H20S. The first-order valence-corrected chi connectivity index (χ1v) is 5.18. The second kappa shape index (κ2) is 3.38. The lowest BCUT2D eigenvalue weighted by Gasteiger charge is -2.36. The molecule has 0 heterocycles. The zero-order valence-corrected chi connectivity index (χ0v) is 8.82. The largest absolute Gasteiger partial charge is 0.173 e. The van der Waals surface area contributed by atoms with Gasteiger partial charge in [0.15, 0.2) is 0 Å². The summed E-state index contributed by atoms with van der Waals surface area (Å²) in [6.07, 6.45) is 5.42. The molecule has 0 bridgehead atoms. The summed E-state index contributed by atoms with van der Waals surface area (Å²) < 4.78 is 0.327. The predicted molar refractivity (Wildman–Crippen MR) is 54.2 cm³/mol. The minimum absolute atomic E-state index is 0.327. The maximum Gasteiger partial charge on any atom is 0.0104 e. The van der Waals surface area contributed by atoms with Gasteiger partial charge in [-0.15, -0.1) is 0 Å². The van der Waals surface area contributed by atoms with Gasteiger partial charge in [-0.3, -0.25) is 0 Å². The first-order chi connectivity index (χ1) is 5.01. The molecule has 1 saturated carbocycles. The molecule has 0 nitrogen and oxygen atoms in total. The highest BCUT2D eigenvalue weighted by Gasteiger charge is 2.29. The van der Waals surface area contributed by atoms with Crippen LogP contribution in [0.2, 0.25) is 0 Å². The van der Waals surface area contributed by atoms with E-state index in [4.69, 9.17) is 0 Å². The Hall–Kier alpha value is 0.350. The summed E-state index contributed by atoms with van der Waals surface area (Å²) in [5.41, 5.74) is 0. The molecule has 2 atom stereocenters. The van der Waals surface area contributed by atoms with Crippen molar-refractivity contribution in [3.05, 3.63) is 0 Å². The van der Waals surface area contributed by atoms with E-state index in [0.717, 1.165) is 11.8 Å². The summed E-state index contributed by atoms with van der Waals surface area (Å²) in [5.74, 6) is 1.77. The fraction of sp³-hybridized carbons (Fsp3) is 1.00. The normalized spacial score (nSPS) is 39.5. The van der Waals surface area contributed by atoms with Crippen LogP contribution in [0.3, 0.4) is 0 Å². The van der Waals surface area contributed by atoms with Crippen molar-refractivity contribution in [2.24, 2.45) is 11.8 Å². The van der Waals surface area contributed by atoms with Crippen LogP contribution in [0.25, 0.3) is 0 Å². The van der Waals surface area contributed by atoms with Crippen LogP contribution in [0.1, 0.15) is 46.5 Å². The average molecular weight is 172 g/mol. The summed E-state index contributed by atoms with van der Waals surface area (Å²) in [6, 6.07) is 0. The molecule has 1 aliphatic rings. The van der Waals surface area contributed by atoms with Crippen LogP contribution >= 0.6 is 12.6 Å². The van der Waals surface area contributed by atoms with E-state index in [0.29, 0.717) is 4.75 Å². The third-order valence-corrected chi connectivity index (χ3v) is 3.34. The van der Waals surface area contributed by atoms with Crippen molar-refractivity contribution in [1.82, 2.24) is 0 Å². The summed E-state index contributed by atoms with van der Waals surface area (Å²) >= 11 is 4.67. The Labute approximate surface area is 76.2 Å². The SMILES string of the molecule is CC(C)C1CCCC(C)(S)C1. The van der Waals surface area contributed by atoms with Gasteiger partial charge in [-0.1, -0.05) is 33.6 Å². The standard InChI is InChI=1S/C10H20S/c1-8(2)9-5-4-6-10(3,11)7-9/h8-9,11H,4-7H2,1-3H3. The third-order valence-electron chi connectivity index (χ3n) is 2.94. The first kappa shape index (κ1) is 9.44. The van der Waals surface area contributed by atoms with Gasteiger partial charge in [0.1, 0.15) is 0 Å². The van der Waals surface area contributed by atoms with Crippen LogP contribution in [0.4, 0.5) is 0 Å². The molecule has 0 aliphatic heterocycles. The van der Waals surface area contributed by atoms with Gasteiger partial charge in [0.05, 0.1) is 0 Å². The summed E-state index contributed by atoms with van der Waals surface area (Å²) in [7, 11) is 0. The van der Waals surface area contributed by atoms with Crippen LogP contribution < -0.4 is 0 Å². The van der Waals surface area contributed by atoms with Crippen LogP contribution in [-0.4, -0.2) is 4.75 Å². The molecule has 0 aromatic heterocycles. The highest BCUT2D eigenvalue weighted by Crippen LogP contribution is 2.39. The molecule has 1 rings (SSSR count). The van der Waals surface area contributed by atoms with E-state index in [2.05, 4.69) is 33.4 Å². The first-order valence-electron chi connectivity index (χ1n) is 4.74. The molecule has 1 heteroatoms. The van der Waals surface area contributed by atoms with Gasteiger partial charge in [0, 0.05) is 4.75 Å². The molecule has 1 fully saturated rings. The molecule has 66 valence electrons. The van der Waals surface area contributed by atoms with Crippen LogP contribution in [0.15, 0.2) is 0 Å². The van der Waals surface area contributed by atoms with Crippen LogP contribution in [-0.2, 0) is 0 Å². The number of thiol groups is 1. The quantitative estimate of drug-likeness (QED) is 0.575. The Bertz CT molecular complexity index is 127. The zero-order valence-electron chi connectivity index (χ0n) is 7.93. The highest BCUT2D eigenvalue weighted by atomic mass is 32.1. The maximum absolute atomic E-state index is 4.67. The van der Waals surface area contributed by atoms with Gasteiger partial charge < -0.3 is 0 Å². The van der Waals surface area contributed by atoms with Crippen LogP contribution in [0.5, 0.6) is 0 Å². The van der Waals surface area contributed by atoms with Gasteiger partial charge in [0.2, 0.25) is 0 Å². The molecule has 2 unspecified atom stereocenters. The Morgan fingerprint density at radius 3 is 2.45 bits per heavy atom. The van der Waals surface area contributed by atoms with Crippen LogP contribution in [0, 0.1) is 11.8 Å². The van der Waals surface area contributed by atoms with Gasteiger partial charge in [0.25, 0.3) is 0 Å². The second-order valence-corrected chi connectivity index (χ2v) is 5.68. The Morgan fingerprint density at radius 2 is 2.09 bits per heavy atom. The molecule has 1 aliphatic carbocycles. The van der Waals surface area contributed by atoms with Crippen molar-refractivity contribution >= 4 is 12.6 Å². The fourth-order valence-corrected chi connectivity index (χ4v) is 2.48. The molecule has 0 radical (unpaired) electrons. The van der Waals surface area contributed by atoms with Gasteiger partial charge in [-0.25, -0.2) is 0 Å². The van der Waals surface area contributed by atoms with E-state index >= 15 is 0 Å². The Morgan fingerprint density at radius 1 is 1.45 bits per heavy atom. The molecule has 0 saturated heterocycles. The lowest BCUT2D eigenvalue weighted by molar-refractivity contribution is 0.246. The average Bonchev–Trinajstić information content (AvgIpc) is 1.85. The van der Waals surface area contributed by atoms with Gasteiger partial charge >= 0.3 is 0 Å². The predicted octanol–water partition coefficient (Wildman–Crippen LogP) is 3.52. The third kappa shape index (κ3) is 2.70. The Kier molecular flexibility index (Phi) is 2.90. The van der Waals surface area contributed by atoms with E-state index in [9.17, 15) is 0 Å². The monoisotopic (exact) mass is 172 g/mol. The second-order valence-electron chi connectivity index (χ2n) is 4.60. The van der Waals surface area contributed by atoms with Gasteiger partial charge in [-0.05, 0) is 24.7 Å². The summed E-state index contributed by atoms with van der Waals surface area (Å²) in [5, 5.41) is 0. The van der Waals surface area contributed by atoms with E-state index < -0.39 is 0 Å². The molecule has 11 heavy (non-hydrogen) atoms. The molecule has 0 amide bonds.